The van der Waals surface area contributed by atoms with Crippen LogP contribution in [0.4, 0.5) is 5.69 Å². The molecule has 1 atom stereocenters. The Labute approximate surface area is 258 Å². The molecule has 0 bridgehead atoms. The van der Waals surface area contributed by atoms with Gasteiger partial charge in [-0.05, 0) is 68.7 Å². The van der Waals surface area contributed by atoms with E-state index in [9.17, 15) is 18.0 Å². The summed E-state index contributed by atoms with van der Waals surface area (Å²) in [4.78, 5) is 29.5. The fourth-order valence-electron chi connectivity index (χ4n) is 4.43. The monoisotopic (exact) mass is 633 g/mol. The van der Waals surface area contributed by atoms with E-state index in [1.165, 1.54) is 12.0 Å². The molecule has 0 unspecified atom stereocenters. The molecule has 0 aliphatic heterocycles. The summed E-state index contributed by atoms with van der Waals surface area (Å²) in [6, 6.07) is 18.3. The number of hydrogen-bond donors (Lipinski definition) is 1. The first-order valence-corrected chi connectivity index (χ1v) is 15.9. The van der Waals surface area contributed by atoms with E-state index in [1.807, 2.05) is 58.0 Å². The molecule has 0 aliphatic rings. The third-order valence-corrected chi connectivity index (χ3v) is 8.12. The normalized spacial score (nSPS) is 12.4. The van der Waals surface area contributed by atoms with Crippen LogP contribution in [0.1, 0.15) is 37.5 Å². The Bertz CT molecular complexity index is 1530. The van der Waals surface area contributed by atoms with Gasteiger partial charge in [0.25, 0.3) is 0 Å². The molecule has 42 heavy (non-hydrogen) atoms. The fourth-order valence-corrected chi connectivity index (χ4v) is 5.74. The maximum absolute atomic E-state index is 14.3. The van der Waals surface area contributed by atoms with Crippen LogP contribution in [0.15, 0.2) is 66.7 Å². The second-order valence-electron chi connectivity index (χ2n) is 11.1. The molecule has 0 aromatic heterocycles. The van der Waals surface area contributed by atoms with Crippen LogP contribution in [0, 0.1) is 6.92 Å². The van der Waals surface area contributed by atoms with Crippen molar-refractivity contribution < 1.29 is 22.7 Å². The van der Waals surface area contributed by atoms with Crippen molar-refractivity contribution in [3.63, 3.8) is 0 Å². The van der Waals surface area contributed by atoms with E-state index in [4.69, 9.17) is 27.9 Å². The molecule has 3 aromatic carbocycles. The molecule has 226 valence electrons. The quantitative estimate of drug-likeness (QED) is 0.295. The van der Waals surface area contributed by atoms with Gasteiger partial charge in [0, 0.05) is 28.5 Å². The minimum Gasteiger partial charge on any atom is -0.495 e. The van der Waals surface area contributed by atoms with Gasteiger partial charge in [0.1, 0.15) is 18.3 Å². The molecule has 3 aromatic rings. The lowest BCUT2D eigenvalue weighted by Crippen LogP contribution is -2.56. The lowest BCUT2D eigenvalue weighted by Gasteiger charge is -2.35. The number of carbonyl (C=O) groups is 2. The third kappa shape index (κ3) is 9.11. The van der Waals surface area contributed by atoms with Gasteiger partial charge in [-0.25, -0.2) is 8.42 Å². The molecule has 0 radical (unpaired) electrons. The van der Waals surface area contributed by atoms with Gasteiger partial charge in [-0.15, -0.1) is 0 Å². The summed E-state index contributed by atoms with van der Waals surface area (Å²) in [6.45, 7) is 6.73. The predicted molar refractivity (Wildman–Crippen MR) is 169 cm³/mol. The van der Waals surface area contributed by atoms with Gasteiger partial charge in [-0.3, -0.25) is 13.9 Å². The number of benzene rings is 3. The van der Waals surface area contributed by atoms with Gasteiger partial charge >= 0.3 is 0 Å². The Kier molecular flexibility index (Phi) is 10.9. The third-order valence-electron chi connectivity index (χ3n) is 6.41. The van der Waals surface area contributed by atoms with Gasteiger partial charge in [0.2, 0.25) is 21.8 Å². The number of hydrogen-bond acceptors (Lipinski definition) is 5. The fraction of sp³-hybridized carbons (Fsp3) is 0.355. The van der Waals surface area contributed by atoms with Crippen LogP contribution in [-0.4, -0.2) is 56.6 Å². The van der Waals surface area contributed by atoms with E-state index in [0.717, 1.165) is 21.7 Å². The number of aryl methyl sites for hydroxylation is 1. The molecule has 0 spiro atoms. The van der Waals surface area contributed by atoms with E-state index >= 15 is 0 Å². The number of anilines is 1. The van der Waals surface area contributed by atoms with Gasteiger partial charge < -0.3 is 15.0 Å². The summed E-state index contributed by atoms with van der Waals surface area (Å²) in [5, 5.41) is 3.72. The standard InChI is InChI=1S/C31H37Cl2N3O5S/c1-21-12-15-28(41-5)26(16-21)36(42(6,39)40)20-29(37)35(19-23-13-14-24(32)18-25(23)33)27(30(38)34-31(2,3)4)17-22-10-8-7-9-11-22/h7-16,18,27H,17,19-20H2,1-6H3,(H,34,38)/t27-/m0/s1. The van der Waals surface area contributed by atoms with E-state index in [-0.39, 0.29) is 30.3 Å². The van der Waals surface area contributed by atoms with Crippen LogP contribution >= 0.6 is 23.2 Å². The molecule has 1 N–H and O–H groups in total. The molecule has 0 fully saturated rings. The topological polar surface area (TPSA) is 96.0 Å². The zero-order chi connectivity index (χ0) is 31.2. The molecule has 0 saturated carbocycles. The molecule has 2 amide bonds. The van der Waals surface area contributed by atoms with Crippen molar-refractivity contribution in [2.75, 3.05) is 24.2 Å². The average molecular weight is 635 g/mol. The Morgan fingerprint density at radius 2 is 1.67 bits per heavy atom. The molecule has 0 aliphatic carbocycles. The van der Waals surface area contributed by atoms with E-state index in [1.54, 1.807) is 36.4 Å². The smallest absolute Gasteiger partial charge is 0.244 e. The van der Waals surface area contributed by atoms with Crippen molar-refractivity contribution >= 4 is 50.7 Å². The van der Waals surface area contributed by atoms with E-state index in [2.05, 4.69) is 5.32 Å². The first-order chi connectivity index (χ1) is 19.6. The van der Waals surface area contributed by atoms with Gasteiger partial charge in [0.05, 0.1) is 19.1 Å². The SMILES string of the molecule is COc1ccc(C)cc1N(CC(=O)N(Cc1ccc(Cl)cc1Cl)[C@@H](Cc1ccccc1)C(=O)NC(C)(C)C)S(C)(=O)=O. The number of sulfonamides is 1. The number of nitrogens with zero attached hydrogens (tertiary/aromatic N) is 2. The highest BCUT2D eigenvalue weighted by molar-refractivity contribution is 7.92. The summed E-state index contributed by atoms with van der Waals surface area (Å²) in [5.41, 5.74) is 1.79. The number of methoxy groups -OCH3 is 1. The number of nitrogens with one attached hydrogen (secondary N) is 1. The summed E-state index contributed by atoms with van der Waals surface area (Å²) in [5.74, 6) is -0.693. The van der Waals surface area contributed by atoms with Crippen LogP contribution in [0.3, 0.4) is 0 Å². The largest absolute Gasteiger partial charge is 0.495 e. The van der Waals surface area contributed by atoms with Crippen LogP contribution in [-0.2, 0) is 32.6 Å². The minimum atomic E-state index is -3.95. The number of ether oxygens (including phenoxy) is 1. The number of halogens is 2. The highest BCUT2D eigenvalue weighted by atomic mass is 35.5. The number of amides is 2. The predicted octanol–water partition coefficient (Wildman–Crippen LogP) is 5.63. The molecular formula is C31H37Cl2N3O5S. The Morgan fingerprint density at radius 3 is 2.24 bits per heavy atom. The highest BCUT2D eigenvalue weighted by Crippen LogP contribution is 2.32. The molecular weight excluding hydrogens is 597 g/mol. The summed E-state index contributed by atoms with van der Waals surface area (Å²) in [6.07, 6.45) is 1.21. The van der Waals surface area contributed by atoms with Crippen molar-refractivity contribution in [1.29, 1.82) is 0 Å². The Hall–Kier alpha value is -3.27. The van der Waals surface area contributed by atoms with Crippen molar-refractivity contribution in [2.45, 2.75) is 52.2 Å². The van der Waals surface area contributed by atoms with E-state index in [0.29, 0.717) is 15.6 Å². The van der Waals surface area contributed by atoms with Crippen LogP contribution < -0.4 is 14.4 Å². The average Bonchev–Trinajstić information content (AvgIpc) is 2.89. The van der Waals surface area contributed by atoms with Crippen molar-refractivity contribution in [2.24, 2.45) is 0 Å². The first kappa shape index (κ1) is 33.2. The number of rotatable bonds is 11. The van der Waals surface area contributed by atoms with Crippen molar-refractivity contribution in [3.05, 3.63) is 93.5 Å². The minimum absolute atomic E-state index is 0.0630. The lowest BCUT2D eigenvalue weighted by molar-refractivity contribution is -0.140. The zero-order valence-electron chi connectivity index (χ0n) is 24.6. The lowest BCUT2D eigenvalue weighted by atomic mass is 10.0. The summed E-state index contributed by atoms with van der Waals surface area (Å²) < 4.78 is 32.6. The summed E-state index contributed by atoms with van der Waals surface area (Å²) in [7, 11) is -2.53. The second-order valence-corrected chi connectivity index (χ2v) is 13.9. The van der Waals surface area contributed by atoms with Gasteiger partial charge in [-0.2, -0.15) is 0 Å². The van der Waals surface area contributed by atoms with Crippen molar-refractivity contribution in [1.82, 2.24) is 10.2 Å². The molecule has 0 heterocycles. The molecule has 3 rings (SSSR count). The van der Waals surface area contributed by atoms with Crippen LogP contribution in [0.5, 0.6) is 5.75 Å². The second kappa shape index (κ2) is 13.8. The highest BCUT2D eigenvalue weighted by Gasteiger charge is 2.35. The maximum atomic E-state index is 14.3. The zero-order valence-corrected chi connectivity index (χ0v) is 27.0. The van der Waals surface area contributed by atoms with Crippen LogP contribution in [0.25, 0.3) is 0 Å². The molecule has 0 saturated heterocycles. The first-order valence-electron chi connectivity index (χ1n) is 13.3. The Balaban J connectivity index is 2.15. The van der Waals surface area contributed by atoms with Crippen LogP contribution in [0.2, 0.25) is 10.0 Å². The summed E-state index contributed by atoms with van der Waals surface area (Å²) >= 11 is 12.6. The maximum Gasteiger partial charge on any atom is 0.244 e. The van der Waals surface area contributed by atoms with Gasteiger partial charge in [-0.1, -0.05) is 65.7 Å². The van der Waals surface area contributed by atoms with E-state index < -0.39 is 34.1 Å². The molecule has 11 heteroatoms. The van der Waals surface area contributed by atoms with Crippen molar-refractivity contribution in [3.8, 4) is 5.75 Å². The van der Waals surface area contributed by atoms with Gasteiger partial charge in [0.15, 0.2) is 0 Å². The Morgan fingerprint density at radius 1 is 1.00 bits per heavy atom. The molecule has 8 nitrogen and oxygen atoms in total. The number of carbonyl (C=O) groups excluding carboxylic acids is 2.